The summed E-state index contributed by atoms with van der Waals surface area (Å²) in [6.07, 6.45) is 6.16. The summed E-state index contributed by atoms with van der Waals surface area (Å²) in [6, 6.07) is 1.52. The van der Waals surface area contributed by atoms with E-state index in [0.717, 1.165) is 38.0 Å². The molecular formula is C23H30N6O4S. The van der Waals surface area contributed by atoms with Crippen LogP contribution in [0.3, 0.4) is 0 Å². The molecule has 1 saturated heterocycles. The summed E-state index contributed by atoms with van der Waals surface area (Å²) < 4.78 is 36.1. The number of rotatable bonds is 6. The van der Waals surface area contributed by atoms with Crippen LogP contribution in [0.15, 0.2) is 28.2 Å². The number of nitrogens with zero attached hydrogens (tertiary/aromatic N) is 5. The van der Waals surface area contributed by atoms with Crippen molar-refractivity contribution in [1.29, 1.82) is 0 Å². The lowest BCUT2D eigenvalue weighted by atomic mass is 10.1. The molecule has 0 bridgehead atoms. The number of H-pyrrole nitrogens is 1. The minimum atomic E-state index is -3.75. The second kappa shape index (κ2) is 9.12. The van der Waals surface area contributed by atoms with Gasteiger partial charge in [0.15, 0.2) is 0 Å². The van der Waals surface area contributed by atoms with E-state index in [-0.39, 0.29) is 22.2 Å². The molecule has 2 aliphatic heterocycles. The van der Waals surface area contributed by atoms with Crippen molar-refractivity contribution in [2.45, 2.75) is 44.6 Å². The highest BCUT2D eigenvalue weighted by Gasteiger charge is 2.30. The van der Waals surface area contributed by atoms with Gasteiger partial charge in [-0.25, -0.2) is 18.4 Å². The number of piperazine rings is 1. The molecule has 11 heteroatoms. The van der Waals surface area contributed by atoms with Crippen LogP contribution < -0.4 is 10.3 Å². The third kappa shape index (κ3) is 4.01. The molecule has 182 valence electrons. The molecule has 0 atom stereocenters. The first-order valence-electron chi connectivity index (χ1n) is 11.9. The number of ether oxygens (including phenoxy) is 1. The monoisotopic (exact) mass is 486 g/mol. The van der Waals surface area contributed by atoms with Gasteiger partial charge >= 0.3 is 0 Å². The molecule has 0 unspecified atom stereocenters. The lowest BCUT2D eigenvalue weighted by Crippen LogP contribution is -2.48. The van der Waals surface area contributed by atoms with E-state index in [1.165, 1.54) is 16.6 Å². The number of hydrogen-bond donors (Lipinski definition) is 1. The van der Waals surface area contributed by atoms with E-state index in [4.69, 9.17) is 9.72 Å². The van der Waals surface area contributed by atoms with Gasteiger partial charge in [0.1, 0.15) is 10.7 Å². The molecule has 5 rings (SSSR count). The molecule has 0 radical (unpaired) electrons. The van der Waals surface area contributed by atoms with Crippen molar-refractivity contribution < 1.29 is 13.2 Å². The zero-order valence-corrected chi connectivity index (χ0v) is 20.4. The van der Waals surface area contributed by atoms with E-state index >= 15 is 0 Å². The zero-order valence-electron chi connectivity index (χ0n) is 19.6. The number of aromatic amines is 1. The number of sulfonamides is 1. The number of hydrogen-bond acceptors (Lipinski definition) is 7. The molecule has 0 aromatic carbocycles. The molecule has 0 aliphatic carbocycles. The highest BCUT2D eigenvalue weighted by atomic mass is 32.2. The first-order chi connectivity index (χ1) is 16.4. The fourth-order valence-electron chi connectivity index (χ4n) is 4.79. The van der Waals surface area contributed by atoms with Crippen molar-refractivity contribution in [1.82, 2.24) is 28.7 Å². The normalized spacial score (nSPS) is 17.7. The molecule has 3 aromatic rings. The van der Waals surface area contributed by atoms with Gasteiger partial charge in [0, 0.05) is 44.6 Å². The maximum absolute atomic E-state index is 13.4. The van der Waals surface area contributed by atoms with Gasteiger partial charge in [-0.1, -0.05) is 6.92 Å². The van der Waals surface area contributed by atoms with Crippen LogP contribution in [0.2, 0.25) is 0 Å². The standard InChI is InChI=1S/C23H30N6O4S/c1-3-27-9-11-29(12-10-27)34(31,32)16-13-17(23(24-14-16)33-4-2)21-25-20-18(22(30)26-21)15-28-8-6-5-7-19(20)28/h13-15H,3-12H2,1-2H3,(H,25,26,30). The number of pyridine rings is 1. The fraction of sp³-hybridized carbons (Fsp3) is 0.522. The third-order valence-electron chi connectivity index (χ3n) is 6.70. The third-order valence-corrected chi connectivity index (χ3v) is 8.57. The van der Waals surface area contributed by atoms with E-state index in [1.807, 2.05) is 13.1 Å². The van der Waals surface area contributed by atoms with Gasteiger partial charge in [0.05, 0.1) is 29.3 Å². The lowest BCUT2D eigenvalue weighted by Gasteiger charge is -2.33. The van der Waals surface area contributed by atoms with E-state index in [1.54, 1.807) is 0 Å². The molecule has 3 aromatic heterocycles. The van der Waals surface area contributed by atoms with Crippen molar-refractivity contribution in [2.75, 3.05) is 39.3 Å². The van der Waals surface area contributed by atoms with Crippen LogP contribution in [-0.2, 0) is 23.0 Å². The van der Waals surface area contributed by atoms with Crippen LogP contribution in [-0.4, -0.2) is 76.5 Å². The highest BCUT2D eigenvalue weighted by Crippen LogP contribution is 2.31. The Kier molecular flexibility index (Phi) is 6.17. The van der Waals surface area contributed by atoms with E-state index in [9.17, 15) is 13.2 Å². The fourth-order valence-corrected chi connectivity index (χ4v) is 6.18. The Hall–Kier alpha value is -2.76. The summed E-state index contributed by atoms with van der Waals surface area (Å²) >= 11 is 0. The number of fused-ring (bicyclic) bond motifs is 3. The minimum absolute atomic E-state index is 0.0672. The molecule has 34 heavy (non-hydrogen) atoms. The van der Waals surface area contributed by atoms with Crippen molar-refractivity contribution in [3.8, 4) is 17.3 Å². The smallest absolute Gasteiger partial charge is 0.260 e. The van der Waals surface area contributed by atoms with E-state index in [0.29, 0.717) is 49.3 Å². The quantitative estimate of drug-likeness (QED) is 0.566. The molecule has 5 heterocycles. The topological polar surface area (TPSA) is 113 Å². The number of likely N-dealkylation sites (N-methyl/N-ethyl adjacent to an activating group) is 1. The summed E-state index contributed by atoms with van der Waals surface area (Å²) in [4.78, 5) is 27.1. The maximum Gasteiger partial charge on any atom is 0.260 e. The van der Waals surface area contributed by atoms with Crippen molar-refractivity contribution in [2.24, 2.45) is 0 Å². The first-order valence-corrected chi connectivity index (χ1v) is 13.3. The van der Waals surface area contributed by atoms with Gasteiger partial charge in [0.25, 0.3) is 5.56 Å². The van der Waals surface area contributed by atoms with Crippen molar-refractivity contribution in [3.63, 3.8) is 0 Å². The Morgan fingerprint density at radius 2 is 1.91 bits per heavy atom. The van der Waals surface area contributed by atoms with Crippen LogP contribution >= 0.6 is 0 Å². The van der Waals surface area contributed by atoms with Crippen molar-refractivity contribution >= 4 is 20.9 Å². The average Bonchev–Trinajstić information content (AvgIpc) is 3.24. The van der Waals surface area contributed by atoms with Gasteiger partial charge in [-0.15, -0.1) is 0 Å². The van der Waals surface area contributed by atoms with Crippen LogP contribution in [0.5, 0.6) is 5.88 Å². The largest absolute Gasteiger partial charge is 0.477 e. The molecule has 2 aliphatic rings. The van der Waals surface area contributed by atoms with Crippen LogP contribution in [0.1, 0.15) is 32.4 Å². The van der Waals surface area contributed by atoms with Gasteiger partial charge in [-0.3, -0.25) is 4.79 Å². The predicted octanol–water partition coefficient (Wildman–Crippen LogP) is 1.85. The first kappa shape index (κ1) is 23.0. The second-order valence-corrected chi connectivity index (χ2v) is 10.6. The lowest BCUT2D eigenvalue weighted by molar-refractivity contribution is 0.196. The zero-order chi connectivity index (χ0) is 23.9. The van der Waals surface area contributed by atoms with Crippen molar-refractivity contribution in [3.05, 3.63) is 34.5 Å². The van der Waals surface area contributed by atoms with Gasteiger partial charge < -0.3 is 19.2 Å². The summed E-state index contributed by atoms with van der Waals surface area (Å²) in [7, 11) is -3.75. The highest BCUT2D eigenvalue weighted by molar-refractivity contribution is 7.89. The number of nitrogens with one attached hydrogen (secondary N) is 1. The number of aromatic nitrogens is 4. The molecule has 1 N–H and O–H groups in total. The minimum Gasteiger partial charge on any atom is -0.477 e. The van der Waals surface area contributed by atoms with Crippen LogP contribution in [0, 0.1) is 0 Å². The molecule has 0 saturated carbocycles. The van der Waals surface area contributed by atoms with E-state index < -0.39 is 10.0 Å². The van der Waals surface area contributed by atoms with Gasteiger partial charge in [-0.2, -0.15) is 4.31 Å². The molecule has 0 spiro atoms. The van der Waals surface area contributed by atoms with E-state index in [2.05, 4.69) is 26.4 Å². The Morgan fingerprint density at radius 1 is 1.12 bits per heavy atom. The summed E-state index contributed by atoms with van der Waals surface area (Å²) in [5.74, 6) is 0.508. The van der Waals surface area contributed by atoms with Gasteiger partial charge in [-0.05, 0) is 38.8 Å². The predicted molar refractivity (Wildman–Crippen MR) is 129 cm³/mol. The van der Waals surface area contributed by atoms with Crippen LogP contribution in [0.25, 0.3) is 22.3 Å². The molecule has 1 fully saturated rings. The Bertz CT molecular complexity index is 1370. The average molecular weight is 487 g/mol. The maximum atomic E-state index is 13.4. The molecular weight excluding hydrogens is 456 g/mol. The Morgan fingerprint density at radius 3 is 2.65 bits per heavy atom. The summed E-state index contributed by atoms with van der Waals surface area (Å²) in [5, 5.41) is 0.546. The molecule has 0 amide bonds. The number of aryl methyl sites for hydroxylation is 2. The summed E-state index contributed by atoms with van der Waals surface area (Å²) in [6.45, 7) is 8.25. The van der Waals surface area contributed by atoms with Crippen LogP contribution in [0.4, 0.5) is 0 Å². The molecule has 10 nitrogen and oxygen atoms in total. The Labute approximate surface area is 198 Å². The summed E-state index contributed by atoms with van der Waals surface area (Å²) in [5.41, 5.74) is 1.81. The second-order valence-electron chi connectivity index (χ2n) is 8.70. The SMILES string of the molecule is CCOc1ncc(S(=O)(=O)N2CCN(CC)CC2)cc1-c1nc2c3n(cc2c(=O)[nH]1)CCCC3. The Balaban J connectivity index is 1.59. The van der Waals surface area contributed by atoms with Gasteiger partial charge in [0.2, 0.25) is 15.9 Å².